The maximum Gasteiger partial charge on any atom is 0.337 e. The van der Waals surface area contributed by atoms with Crippen molar-refractivity contribution in [1.29, 1.82) is 0 Å². The Labute approximate surface area is 123 Å². The molecule has 1 aromatic heterocycles. The molecule has 1 aliphatic rings. The van der Waals surface area contributed by atoms with E-state index in [1.165, 1.54) is 0 Å². The summed E-state index contributed by atoms with van der Waals surface area (Å²) in [6, 6.07) is 7.37. The van der Waals surface area contributed by atoms with E-state index in [4.69, 9.17) is 0 Å². The summed E-state index contributed by atoms with van der Waals surface area (Å²) in [5, 5.41) is 10.3. The number of nitrogens with zero attached hydrogens (tertiary/aromatic N) is 3. The number of benzene rings is 1. The van der Waals surface area contributed by atoms with E-state index in [1.807, 2.05) is 13.0 Å². The average Bonchev–Trinajstić information content (AvgIpc) is 2.47. The predicted octanol–water partition coefficient (Wildman–Crippen LogP) is 1.99. The highest BCUT2D eigenvalue weighted by atomic mass is 16.4. The molecule has 110 valence electrons. The van der Waals surface area contributed by atoms with Gasteiger partial charge in [-0.15, -0.1) is 0 Å². The fraction of sp³-hybridized carbons (Fsp3) is 0.375. The second-order valence-corrected chi connectivity index (χ2v) is 5.59. The number of anilines is 1. The summed E-state index contributed by atoms with van der Waals surface area (Å²) < 4.78 is 0. The number of hydrogen-bond acceptors (Lipinski definition) is 4. The van der Waals surface area contributed by atoms with Crippen molar-refractivity contribution in [1.82, 2.24) is 9.88 Å². The number of carbonyl (C=O) groups is 1. The molecule has 1 aliphatic heterocycles. The highest BCUT2D eigenvalue weighted by molar-refractivity contribution is 6.03. The van der Waals surface area contributed by atoms with Crippen molar-refractivity contribution in [3.63, 3.8) is 0 Å². The fourth-order valence-corrected chi connectivity index (χ4v) is 2.77. The molecule has 0 bridgehead atoms. The minimum absolute atomic E-state index is 0.270. The summed E-state index contributed by atoms with van der Waals surface area (Å²) in [7, 11) is 2.11. The van der Waals surface area contributed by atoms with E-state index < -0.39 is 5.97 Å². The summed E-state index contributed by atoms with van der Waals surface area (Å²) in [6.07, 6.45) is 0. The Balaban J connectivity index is 2.09. The molecule has 0 amide bonds. The molecule has 0 aliphatic carbocycles. The van der Waals surface area contributed by atoms with Crippen LogP contribution in [0.1, 0.15) is 15.9 Å². The Bertz CT molecular complexity index is 691. The van der Waals surface area contributed by atoms with Gasteiger partial charge in [0, 0.05) is 31.6 Å². The van der Waals surface area contributed by atoms with Gasteiger partial charge in [0.15, 0.2) is 0 Å². The summed E-state index contributed by atoms with van der Waals surface area (Å²) in [5.74, 6) is -0.0511. The molecule has 5 nitrogen and oxygen atoms in total. The van der Waals surface area contributed by atoms with Crippen LogP contribution < -0.4 is 4.90 Å². The number of likely N-dealkylation sites (N-methyl/N-ethyl adjacent to an activating group) is 1. The topological polar surface area (TPSA) is 56.7 Å². The number of aromatic carboxylic acids is 1. The molecule has 0 radical (unpaired) electrons. The molecule has 0 unspecified atom stereocenters. The minimum atomic E-state index is -0.928. The number of pyridine rings is 1. The van der Waals surface area contributed by atoms with Crippen LogP contribution in [0.2, 0.25) is 0 Å². The van der Waals surface area contributed by atoms with E-state index in [2.05, 4.69) is 27.9 Å². The number of para-hydroxylation sites is 1. The van der Waals surface area contributed by atoms with Gasteiger partial charge in [0.2, 0.25) is 0 Å². The lowest BCUT2D eigenvalue weighted by atomic mass is 10.1. The third-order valence-corrected chi connectivity index (χ3v) is 4.09. The van der Waals surface area contributed by atoms with Gasteiger partial charge in [0.1, 0.15) is 5.82 Å². The van der Waals surface area contributed by atoms with E-state index in [1.54, 1.807) is 12.1 Å². The zero-order valence-corrected chi connectivity index (χ0v) is 12.3. The molecule has 21 heavy (non-hydrogen) atoms. The quantitative estimate of drug-likeness (QED) is 0.914. The molecule has 0 atom stereocenters. The molecular weight excluding hydrogens is 266 g/mol. The van der Waals surface area contributed by atoms with Crippen LogP contribution in [0, 0.1) is 6.92 Å². The molecule has 1 fully saturated rings. The minimum Gasteiger partial charge on any atom is -0.478 e. The second kappa shape index (κ2) is 5.33. The fourth-order valence-electron chi connectivity index (χ4n) is 2.77. The lowest BCUT2D eigenvalue weighted by Crippen LogP contribution is -2.44. The highest BCUT2D eigenvalue weighted by Crippen LogP contribution is 2.25. The Morgan fingerprint density at radius 3 is 2.62 bits per heavy atom. The molecule has 2 heterocycles. The van der Waals surface area contributed by atoms with Crippen molar-refractivity contribution in [3.05, 3.63) is 35.4 Å². The van der Waals surface area contributed by atoms with E-state index in [-0.39, 0.29) is 5.56 Å². The van der Waals surface area contributed by atoms with Crippen molar-refractivity contribution in [2.24, 2.45) is 0 Å². The highest BCUT2D eigenvalue weighted by Gasteiger charge is 2.18. The van der Waals surface area contributed by atoms with Gasteiger partial charge < -0.3 is 14.9 Å². The van der Waals surface area contributed by atoms with Gasteiger partial charge in [0.05, 0.1) is 11.1 Å². The van der Waals surface area contributed by atoms with Gasteiger partial charge in [-0.05, 0) is 31.7 Å². The second-order valence-electron chi connectivity index (χ2n) is 5.59. The number of carboxylic acid groups (broad SMARTS) is 1. The SMILES string of the molecule is Cc1cc(N2CCN(C)CC2)nc2c(C(=O)O)cccc12. The Morgan fingerprint density at radius 1 is 1.24 bits per heavy atom. The standard InChI is InChI=1S/C16H19N3O2/c1-11-10-14(19-8-6-18(2)7-9-19)17-15-12(11)4-3-5-13(15)16(20)21/h3-5,10H,6-9H2,1-2H3,(H,20,21). The normalized spacial score (nSPS) is 16.4. The number of piperazine rings is 1. The van der Waals surface area contributed by atoms with E-state index >= 15 is 0 Å². The van der Waals surface area contributed by atoms with Crippen molar-refractivity contribution in [2.75, 3.05) is 38.1 Å². The summed E-state index contributed by atoms with van der Waals surface area (Å²) in [6.45, 7) is 5.85. The third kappa shape index (κ3) is 2.56. The Hall–Kier alpha value is -2.14. The van der Waals surface area contributed by atoms with Crippen LogP contribution in [0.15, 0.2) is 24.3 Å². The number of carboxylic acids is 1. The van der Waals surface area contributed by atoms with Crippen LogP contribution in [0.5, 0.6) is 0 Å². The number of aromatic nitrogens is 1. The van der Waals surface area contributed by atoms with Crippen LogP contribution in [0.3, 0.4) is 0 Å². The molecular formula is C16H19N3O2. The maximum absolute atomic E-state index is 11.4. The van der Waals surface area contributed by atoms with Crippen molar-refractivity contribution >= 4 is 22.7 Å². The zero-order valence-electron chi connectivity index (χ0n) is 12.3. The van der Waals surface area contributed by atoms with Gasteiger partial charge >= 0.3 is 5.97 Å². The van der Waals surface area contributed by atoms with E-state index in [0.29, 0.717) is 5.52 Å². The first-order valence-electron chi connectivity index (χ1n) is 7.13. The maximum atomic E-state index is 11.4. The van der Waals surface area contributed by atoms with Gasteiger partial charge in [-0.25, -0.2) is 9.78 Å². The molecule has 2 aromatic rings. The molecule has 1 aromatic carbocycles. The molecule has 0 spiro atoms. The van der Waals surface area contributed by atoms with Gasteiger partial charge in [0.25, 0.3) is 0 Å². The largest absolute Gasteiger partial charge is 0.478 e. The van der Waals surface area contributed by atoms with Crippen LogP contribution in [0.25, 0.3) is 10.9 Å². The first-order valence-corrected chi connectivity index (χ1v) is 7.13. The predicted molar refractivity (Wildman–Crippen MR) is 83.1 cm³/mol. The first-order chi connectivity index (χ1) is 10.1. The average molecular weight is 285 g/mol. The van der Waals surface area contributed by atoms with Gasteiger partial charge in [-0.2, -0.15) is 0 Å². The molecule has 0 saturated carbocycles. The summed E-state index contributed by atoms with van der Waals surface area (Å²) >= 11 is 0. The number of rotatable bonds is 2. The number of aryl methyl sites for hydroxylation is 1. The first kappa shape index (κ1) is 13.8. The monoisotopic (exact) mass is 285 g/mol. The molecule has 1 N–H and O–H groups in total. The Morgan fingerprint density at radius 2 is 1.95 bits per heavy atom. The van der Waals surface area contributed by atoms with E-state index in [9.17, 15) is 9.90 Å². The van der Waals surface area contributed by atoms with Crippen LogP contribution in [-0.4, -0.2) is 54.2 Å². The lowest BCUT2D eigenvalue weighted by Gasteiger charge is -2.33. The molecule has 1 saturated heterocycles. The molecule has 3 rings (SSSR count). The zero-order chi connectivity index (χ0) is 15.0. The smallest absolute Gasteiger partial charge is 0.337 e. The number of hydrogen-bond donors (Lipinski definition) is 1. The molecule has 5 heteroatoms. The number of fused-ring (bicyclic) bond motifs is 1. The lowest BCUT2D eigenvalue weighted by molar-refractivity contribution is 0.0699. The summed E-state index contributed by atoms with van der Waals surface area (Å²) in [5.41, 5.74) is 1.92. The van der Waals surface area contributed by atoms with E-state index in [0.717, 1.165) is 42.9 Å². The van der Waals surface area contributed by atoms with Crippen molar-refractivity contribution in [3.8, 4) is 0 Å². The van der Waals surface area contributed by atoms with Crippen LogP contribution in [-0.2, 0) is 0 Å². The van der Waals surface area contributed by atoms with Gasteiger partial charge in [-0.3, -0.25) is 0 Å². The Kier molecular flexibility index (Phi) is 3.51. The van der Waals surface area contributed by atoms with Crippen LogP contribution >= 0.6 is 0 Å². The third-order valence-electron chi connectivity index (χ3n) is 4.09. The van der Waals surface area contributed by atoms with Crippen molar-refractivity contribution in [2.45, 2.75) is 6.92 Å². The van der Waals surface area contributed by atoms with Gasteiger partial charge in [-0.1, -0.05) is 12.1 Å². The summed E-state index contributed by atoms with van der Waals surface area (Å²) in [4.78, 5) is 20.5. The van der Waals surface area contributed by atoms with Crippen LogP contribution in [0.4, 0.5) is 5.82 Å². The van der Waals surface area contributed by atoms with Crippen molar-refractivity contribution < 1.29 is 9.90 Å².